The molecule has 0 aliphatic rings. The zero-order valence-corrected chi connectivity index (χ0v) is 11.6. The number of thiophene rings is 1. The Morgan fingerprint density at radius 3 is 2.73 bits per heavy atom. The average molecular weight is 292 g/mol. The Kier molecular flexibility index (Phi) is 5.26. The van der Waals surface area contributed by atoms with E-state index in [0.29, 0.717) is 0 Å². The molecule has 1 rings (SSSR count). The van der Waals surface area contributed by atoms with E-state index in [2.05, 4.69) is 28.2 Å². The zero-order chi connectivity index (χ0) is 11.3. The average Bonchev–Trinajstić information content (AvgIpc) is 2.60. The molecule has 0 spiro atoms. The highest BCUT2D eigenvalue weighted by atomic mass is 79.9. The van der Waals surface area contributed by atoms with E-state index in [1.807, 2.05) is 17.7 Å². The molecule has 1 aromatic rings. The third-order valence-corrected chi connectivity index (χ3v) is 4.11. The first kappa shape index (κ1) is 13.2. The summed E-state index contributed by atoms with van der Waals surface area (Å²) < 4.78 is 1.01. The molecule has 4 heteroatoms. The van der Waals surface area contributed by atoms with Crippen molar-refractivity contribution in [2.45, 2.75) is 32.3 Å². The van der Waals surface area contributed by atoms with Crippen LogP contribution in [0.3, 0.4) is 0 Å². The summed E-state index contributed by atoms with van der Waals surface area (Å²) in [5, 5.41) is 17.6. The Bertz CT molecular complexity index is 299. The molecule has 15 heavy (non-hydrogen) atoms. The molecule has 0 saturated carbocycles. The Balaban J connectivity index is 2.48. The molecule has 0 radical (unpaired) electrons. The summed E-state index contributed by atoms with van der Waals surface area (Å²) in [5.41, 5.74) is 0.255. The van der Waals surface area contributed by atoms with Crippen LogP contribution in [-0.2, 0) is 5.60 Å². The molecule has 0 amide bonds. The Morgan fingerprint density at radius 2 is 2.20 bits per heavy atom. The topological polar surface area (TPSA) is 32.3 Å². The molecular weight excluding hydrogens is 274 g/mol. The molecule has 1 heterocycles. The number of hydrogen-bond acceptors (Lipinski definition) is 3. The van der Waals surface area contributed by atoms with E-state index in [9.17, 15) is 5.11 Å². The van der Waals surface area contributed by atoms with Crippen LogP contribution in [0.2, 0.25) is 0 Å². The summed E-state index contributed by atoms with van der Waals surface area (Å²) in [5.74, 6) is 0. The Morgan fingerprint density at radius 1 is 1.47 bits per heavy atom. The van der Waals surface area contributed by atoms with E-state index in [-0.39, 0.29) is 0 Å². The molecule has 86 valence electrons. The lowest BCUT2D eigenvalue weighted by Gasteiger charge is -2.23. The molecule has 0 bridgehead atoms. The second-order valence-corrected chi connectivity index (χ2v) is 5.51. The van der Waals surface area contributed by atoms with Gasteiger partial charge in [-0.1, -0.05) is 6.92 Å². The smallest absolute Gasteiger partial charge is 0.0899 e. The van der Waals surface area contributed by atoms with Crippen molar-refractivity contribution in [2.24, 2.45) is 0 Å². The molecule has 1 aromatic heterocycles. The maximum atomic E-state index is 10.3. The van der Waals surface area contributed by atoms with Crippen molar-refractivity contribution in [3.63, 3.8) is 0 Å². The summed E-state index contributed by atoms with van der Waals surface area (Å²) in [6.45, 7) is 5.87. The van der Waals surface area contributed by atoms with E-state index in [0.717, 1.165) is 36.0 Å². The first-order valence-electron chi connectivity index (χ1n) is 5.23. The summed E-state index contributed by atoms with van der Waals surface area (Å²) in [4.78, 5) is 0. The van der Waals surface area contributed by atoms with E-state index in [4.69, 9.17) is 0 Å². The van der Waals surface area contributed by atoms with Crippen molar-refractivity contribution >= 4 is 27.3 Å². The third-order valence-electron chi connectivity index (χ3n) is 2.41. The Labute approximate surface area is 104 Å². The summed E-state index contributed by atoms with van der Waals surface area (Å²) in [7, 11) is 0. The lowest BCUT2D eigenvalue weighted by atomic mass is 9.95. The summed E-state index contributed by atoms with van der Waals surface area (Å²) in [6, 6.07) is 0. The quantitative estimate of drug-likeness (QED) is 0.790. The summed E-state index contributed by atoms with van der Waals surface area (Å²) in [6.07, 6.45) is 1.87. The molecule has 1 unspecified atom stereocenters. The van der Waals surface area contributed by atoms with Gasteiger partial charge < -0.3 is 10.4 Å². The minimum absolute atomic E-state index is 0.737. The summed E-state index contributed by atoms with van der Waals surface area (Å²) >= 11 is 5.06. The second kappa shape index (κ2) is 5.99. The third kappa shape index (κ3) is 3.87. The minimum Gasteiger partial charge on any atom is -0.385 e. The first-order valence-corrected chi connectivity index (χ1v) is 6.96. The van der Waals surface area contributed by atoms with Crippen LogP contribution in [0.4, 0.5) is 0 Å². The second-order valence-electron chi connectivity index (χ2n) is 3.91. The van der Waals surface area contributed by atoms with Crippen LogP contribution in [0, 0.1) is 0 Å². The normalized spacial score (nSPS) is 15.2. The maximum Gasteiger partial charge on any atom is 0.0899 e. The van der Waals surface area contributed by atoms with Gasteiger partial charge in [0.1, 0.15) is 0 Å². The van der Waals surface area contributed by atoms with Gasteiger partial charge in [0, 0.05) is 15.4 Å². The van der Waals surface area contributed by atoms with Gasteiger partial charge in [0.15, 0.2) is 0 Å². The van der Waals surface area contributed by atoms with Gasteiger partial charge in [-0.25, -0.2) is 0 Å². The molecular formula is C11H18BrNOS. The fourth-order valence-electron chi connectivity index (χ4n) is 1.43. The maximum absolute atomic E-state index is 10.3. The highest BCUT2D eigenvalue weighted by Crippen LogP contribution is 2.33. The van der Waals surface area contributed by atoms with E-state index in [1.54, 1.807) is 11.3 Å². The van der Waals surface area contributed by atoms with Crippen molar-refractivity contribution in [1.29, 1.82) is 0 Å². The fourth-order valence-corrected chi connectivity index (χ4v) is 3.28. The molecule has 1 atom stereocenters. The standard InChI is InChI=1S/C11H18BrNOS/c1-3-5-13-6-4-11(2,14)9-7-15-8-10(9)12/h7-8,13-14H,3-6H2,1-2H3. The van der Waals surface area contributed by atoms with Crippen molar-refractivity contribution in [3.05, 3.63) is 20.8 Å². The minimum atomic E-state index is -0.737. The van der Waals surface area contributed by atoms with Crippen LogP contribution in [0.5, 0.6) is 0 Å². The molecule has 2 nitrogen and oxygen atoms in total. The van der Waals surface area contributed by atoms with Crippen LogP contribution in [-0.4, -0.2) is 18.2 Å². The largest absolute Gasteiger partial charge is 0.385 e. The van der Waals surface area contributed by atoms with Crippen molar-refractivity contribution in [3.8, 4) is 0 Å². The van der Waals surface area contributed by atoms with Crippen LogP contribution in [0.25, 0.3) is 0 Å². The molecule has 0 aromatic carbocycles. The van der Waals surface area contributed by atoms with Crippen molar-refractivity contribution in [1.82, 2.24) is 5.32 Å². The predicted octanol–water partition coefficient (Wildman–Crippen LogP) is 3.11. The zero-order valence-electron chi connectivity index (χ0n) is 9.22. The van der Waals surface area contributed by atoms with Gasteiger partial charge >= 0.3 is 0 Å². The van der Waals surface area contributed by atoms with Crippen molar-refractivity contribution in [2.75, 3.05) is 13.1 Å². The van der Waals surface area contributed by atoms with Gasteiger partial charge in [-0.15, -0.1) is 0 Å². The van der Waals surface area contributed by atoms with Gasteiger partial charge in [0.25, 0.3) is 0 Å². The van der Waals surface area contributed by atoms with Crippen LogP contribution >= 0.6 is 27.3 Å². The van der Waals surface area contributed by atoms with Crippen LogP contribution < -0.4 is 5.32 Å². The highest BCUT2D eigenvalue weighted by molar-refractivity contribution is 9.10. The number of rotatable bonds is 6. The van der Waals surface area contributed by atoms with Gasteiger partial charge in [-0.3, -0.25) is 0 Å². The molecule has 0 fully saturated rings. The van der Waals surface area contributed by atoms with Crippen molar-refractivity contribution < 1.29 is 5.11 Å². The number of hydrogen-bond donors (Lipinski definition) is 2. The lowest BCUT2D eigenvalue weighted by molar-refractivity contribution is 0.0478. The van der Waals surface area contributed by atoms with Crippen LogP contribution in [0.15, 0.2) is 15.2 Å². The van der Waals surface area contributed by atoms with E-state index >= 15 is 0 Å². The first-order chi connectivity index (χ1) is 7.08. The molecule has 0 aliphatic heterocycles. The molecule has 0 aliphatic carbocycles. The highest BCUT2D eigenvalue weighted by Gasteiger charge is 2.25. The SMILES string of the molecule is CCCNCCC(C)(O)c1cscc1Br. The fraction of sp³-hybridized carbons (Fsp3) is 0.636. The van der Waals surface area contributed by atoms with Gasteiger partial charge in [0.05, 0.1) is 5.60 Å². The molecule has 2 N–H and O–H groups in total. The van der Waals surface area contributed by atoms with E-state index < -0.39 is 5.60 Å². The van der Waals surface area contributed by atoms with Gasteiger partial charge in [-0.2, -0.15) is 11.3 Å². The lowest BCUT2D eigenvalue weighted by Crippen LogP contribution is -2.28. The van der Waals surface area contributed by atoms with E-state index in [1.165, 1.54) is 0 Å². The number of aliphatic hydroxyl groups is 1. The number of nitrogens with one attached hydrogen (secondary N) is 1. The monoisotopic (exact) mass is 291 g/mol. The van der Waals surface area contributed by atoms with Gasteiger partial charge in [-0.05, 0) is 54.2 Å². The van der Waals surface area contributed by atoms with Gasteiger partial charge in [0.2, 0.25) is 0 Å². The Hall–Kier alpha value is 0.100. The predicted molar refractivity (Wildman–Crippen MR) is 69.4 cm³/mol. The molecule has 0 saturated heterocycles. The number of halogens is 1. The van der Waals surface area contributed by atoms with Crippen LogP contribution in [0.1, 0.15) is 32.3 Å².